The van der Waals surface area contributed by atoms with Crippen molar-refractivity contribution in [2.45, 2.75) is 38.6 Å². The largest absolute Gasteiger partial charge is 0.388 e. The SMILES string of the molecule is C[Si](C)(C)/C=C(\c1ccccc1)C(O)CCc1ccccc1. The summed E-state index contributed by atoms with van der Waals surface area (Å²) < 4.78 is 0. The minimum absolute atomic E-state index is 0.408. The highest BCUT2D eigenvalue weighted by Gasteiger charge is 2.18. The van der Waals surface area contributed by atoms with Crippen LogP contribution in [0, 0.1) is 0 Å². The van der Waals surface area contributed by atoms with Crippen molar-refractivity contribution in [3.8, 4) is 0 Å². The monoisotopic (exact) mass is 310 g/mol. The third-order valence-corrected chi connectivity index (χ3v) is 4.78. The molecular formula is C20H26OSi. The van der Waals surface area contributed by atoms with Gasteiger partial charge in [0.1, 0.15) is 0 Å². The molecule has 2 heteroatoms. The van der Waals surface area contributed by atoms with Crippen LogP contribution in [0.2, 0.25) is 19.6 Å². The van der Waals surface area contributed by atoms with Crippen molar-refractivity contribution in [3.63, 3.8) is 0 Å². The molecule has 1 unspecified atom stereocenters. The molecule has 0 amide bonds. The highest BCUT2D eigenvalue weighted by Crippen LogP contribution is 2.24. The van der Waals surface area contributed by atoms with E-state index < -0.39 is 14.2 Å². The Bertz CT molecular complexity index is 597. The van der Waals surface area contributed by atoms with E-state index in [0.717, 1.165) is 24.0 Å². The lowest BCUT2D eigenvalue weighted by molar-refractivity contribution is 0.222. The Kier molecular flexibility index (Phi) is 5.75. The van der Waals surface area contributed by atoms with Crippen LogP contribution in [0.15, 0.2) is 66.4 Å². The molecule has 0 aliphatic heterocycles. The van der Waals surface area contributed by atoms with E-state index in [4.69, 9.17) is 0 Å². The Morgan fingerprint density at radius 3 is 2.05 bits per heavy atom. The standard InChI is InChI=1S/C20H26OSi/c1-22(2,3)16-19(18-12-8-5-9-13-18)20(21)15-14-17-10-6-4-7-11-17/h4-13,16,20-21H,14-15H2,1-3H3/b19-16+. The molecule has 0 heterocycles. The molecule has 0 spiro atoms. The van der Waals surface area contributed by atoms with Gasteiger partial charge in [-0.25, -0.2) is 0 Å². The van der Waals surface area contributed by atoms with Crippen molar-refractivity contribution >= 4 is 13.6 Å². The van der Waals surface area contributed by atoms with E-state index in [2.05, 4.69) is 61.7 Å². The summed E-state index contributed by atoms with van der Waals surface area (Å²) >= 11 is 0. The number of benzene rings is 2. The Labute approximate surface area is 135 Å². The van der Waals surface area contributed by atoms with Gasteiger partial charge >= 0.3 is 0 Å². The van der Waals surface area contributed by atoms with Crippen molar-refractivity contribution in [2.75, 3.05) is 0 Å². The van der Waals surface area contributed by atoms with Gasteiger partial charge in [0.05, 0.1) is 14.2 Å². The lowest BCUT2D eigenvalue weighted by Crippen LogP contribution is -2.21. The first-order valence-electron chi connectivity index (χ1n) is 7.96. The molecule has 0 radical (unpaired) electrons. The molecule has 0 aromatic heterocycles. The number of hydrogen-bond acceptors (Lipinski definition) is 1. The lowest BCUT2D eigenvalue weighted by Gasteiger charge is -2.20. The van der Waals surface area contributed by atoms with Crippen LogP contribution in [0.4, 0.5) is 0 Å². The predicted molar refractivity (Wildman–Crippen MR) is 98.5 cm³/mol. The quantitative estimate of drug-likeness (QED) is 0.749. The first-order valence-corrected chi connectivity index (χ1v) is 11.5. The van der Waals surface area contributed by atoms with E-state index in [-0.39, 0.29) is 0 Å². The molecule has 2 aromatic rings. The predicted octanol–water partition coefficient (Wildman–Crippen LogP) is 4.94. The molecule has 1 nitrogen and oxygen atoms in total. The second kappa shape index (κ2) is 7.57. The topological polar surface area (TPSA) is 20.2 Å². The van der Waals surface area contributed by atoms with Crippen LogP contribution in [0.3, 0.4) is 0 Å². The fourth-order valence-electron chi connectivity index (χ4n) is 2.57. The zero-order chi connectivity index (χ0) is 16.0. The van der Waals surface area contributed by atoms with Crippen LogP contribution in [-0.2, 0) is 6.42 Å². The van der Waals surface area contributed by atoms with Crippen molar-refractivity contribution in [2.24, 2.45) is 0 Å². The molecule has 0 fully saturated rings. The van der Waals surface area contributed by atoms with Crippen molar-refractivity contribution in [1.82, 2.24) is 0 Å². The number of rotatable bonds is 6. The number of aliphatic hydroxyl groups excluding tert-OH is 1. The zero-order valence-electron chi connectivity index (χ0n) is 13.8. The van der Waals surface area contributed by atoms with Gasteiger partial charge in [-0.2, -0.15) is 0 Å². The summed E-state index contributed by atoms with van der Waals surface area (Å²) in [6.45, 7) is 6.92. The maximum Gasteiger partial charge on any atom is 0.0792 e. The van der Waals surface area contributed by atoms with Crippen molar-refractivity contribution in [1.29, 1.82) is 0 Å². The van der Waals surface area contributed by atoms with Crippen LogP contribution in [0.5, 0.6) is 0 Å². The second-order valence-corrected chi connectivity index (χ2v) is 11.9. The van der Waals surface area contributed by atoms with E-state index in [1.165, 1.54) is 5.56 Å². The minimum atomic E-state index is -1.40. The Morgan fingerprint density at radius 1 is 0.955 bits per heavy atom. The highest BCUT2D eigenvalue weighted by atomic mass is 28.3. The Hall–Kier alpha value is -1.64. The fraction of sp³-hybridized carbons (Fsp3) is 0.300. The molecule has 1 N–H and O–H groups in total. The number of aliphatic hydroxyl groups is 1. The maximum absolute atomic E-state index is 10.7. The third-order valence-electron chi connectivity index (χ3n) is 3.60. The molecule has 22 heavy (non-hydrogen) atoms. The van der Waals surface area contributed by atoms with Crippen LogP contribution in [0.25, 0.3) is 5.57 Å². The van der Waals surface area contributed by atoms with Crippen LogP contribution in [-0.4, -0.2) is 19.3 Å². The first kappa shape index (κ1) is 16.7. The molecule has 1 atom stereocenters. The summed E-state index contributed by atoms with van der Waals surface area (Å²) in [5, 5.41) is 10.7. The van der Waals surface area contributed by atoms with Crippen LogP contribution >= 0.6 is 0 Å². The van der Waals surface area contributed by atoms with Gasteiger partial charge in [0.15, 0.2) is 0 Å². The number of hydrogen-bond donors (Lipinski definition) is 1. The van der Waals surface area contributed by atoms with Crippen molar-refractivity contribution in [3.05, 3.63) is 77.5 Å². The van der Waals surface area contributed by atoms with Gasteiger partial charge in [-0.05, 0) is 29.5 Å². The van der Waals surface area contributed by atoms with Gasteiger partial charge in [0.2, 0.25) is 0 Å². The molecule has 0 aliphatic rings. The summed E-state index contributed by atoms with van der Waals surface area (Å²) in [5.41, 5.74) is 5.85. The molecule has 2 rings (SSSR count). The summed E-state index contributed by atoms with van der Waals surface area (Å²) in [7, 11) is -1.40. The van der Waals surface area contributed by atoms with Gasteiger partial charge in [-0.15, -0.1) is 0 Å². The second-order valence-electron chi connectivity index (χ2n) is 6.87. The normalized spacial score (nSPS) is 13.9. The highest BCUT2D eigenvalue weighted by molar-refractivity contribution is 6.81. The van der Waals surface area contributed by atoms with Gasteiger partial charge in [-0.3, -0.25) is 0 Å². The summed E-state index contributed by atoms with van der Waals surface area (Å²) in [6, 6.07) is 20.7. The van der Waals surface area contributed by atoms with E-state index >= 15 is 0 Å². The first-order chi connectivity index (χ1) is 10.5. The van der Waals surface area contributed by atoms with Gasteiger partial charge < -0.3 is 5.11 Å². The number of aryl methyl sites for hydroxylation is 1. The van der Waals surface area contributed by atoms with Gasteiger partial charge in [0.25, 0.3) is 0 Å². The summed E-state index contributed by atoms with van der Waals surface area (Å²) in [6.07, 6.45) is 1.25. The molecule has 0 bridgehead atoms. The van der Waals surface area contributed by atoms with E-state index in [0.29, 0.717) is 0 Å². The molecule has 2 aromatic carbocycles. The minimum Gasteiger partial charge on any atom is -0.388 e. The van der Waals surface area contributed by atoms with Crippen LogP contribution in [0.1, 0.15) is 17.5 Å². The lowest BCUT2D eigenvalue weighted by atomic mass is 9.97. The van der Waals surface area contributed by atoms with E-state index in [1.807, 2.05) is 24.3 Å². The Balaban J connectivity index is 2.17. The average molecular weight is 311 g/mol. The van der Waals surface area contributed by atoms with Crippen LogP contribution < -0.4 is 0 Å². The van der Waals surface area contributed by atoms with Crippen molar-refractivity contribution < 1.29 is 5.11 Å². The summed E-state index contributed by atoms with van der Waals surface area (Å²) in [5.74, 6) is 0. The maximum atomic E-state index is 10.7. The molecular weight excluding hydrogens is 284 g/mol. The Morgan fingerprint density at radius 2 is 1.50 bits per heavy atom. The van der Waals surface area contributed by atoms with Gasteiger partial charge in [-0.1, -0.05) is 86.0 Å². The summed E-state index contributed by atoms with van der Waals surface area (Å²) in [4.78, 5) is 0. The molecule has 116 valence electrons. The molecule has 0 saturated carbocycles. The smallest absolute Gasteiger partial charge is 0.0792 e. The van der Waals surface area contributed by atoms with E-state index in [1.54, 1.807) is 0 Å². The zero-order valence-corrected chi connectivity index (χ0v) is 14.8. The molecule has 0 saturated heterocycles. The molecule has 0 aliphatic carbocycles. The fourth-order valence-corrected chi connectivity index (χ4v) is 3.86. The van der Waals surface area contributed by atoms with E-state index in [9.17, 15) is 5.11 Å². The third kappa shape index (κ3) is 5.28. The van der Waals surface area contributed by atoms with Gasteiger partial charge in [0, 0.05) is 0 Å². The average Bonchev–Trinajstić information content (AvgIpc) is 2.51.